The summed E-state index contributed by atoms with van der Waals surface area (Å²) in [5.41, 5.74) is 8.57. The predicted molar refractivity (Wildman–Crippen MR) is 415 cm³/mol. The molecule has 0 unspecified atom stereocenters. The molecule has 4 aromatic heterocycles. The molecule has 0 saturated heterocycles. The Hall–Kier alpha value is -12.2. The largest absolute Gasteiger partial charge is 0.481 e. The Morgan fingerprint density at radius 3 is 1.70 bits per heavy atom. The highest BCUT2D eigenvalue weighted by molar-refractivity contribution is 6.00. The summed E-state index contributed by atoms with van der Waals surface area (Å²) in [6.07, 6.45) is 3.30. The van der Waals surface area contributed by atoms with Gasteiger partial charge in [-0.05, 0) is 113 Å². The van der Waals surface area contributed by atoms with E-state index in [9.17, 15) is 82.4 Å². The van der Waals surface area contributed by atoms with Gasteiger partial charge < -0.3 is 105 Å². The van der Waals surface area contributed by atoms with Crippen LogP contribution in [0, 0.1) is 17.8 Å². The van der Waals surface area contributed by atoms with Crippen molar-refractivity contribution in [3.05, 3.63) is 102 Å². The van der Waals surface area contributed by atoms with Crippen LogP contribution >= 0.6 is 0 Å². The van der Waals surface area contributed by atoms with E-state index in [1.54, 1.807) is 102 Å². The molecule has 115 heavy (non-hydrogen) atoms. The molecule has 0 saturated carbocycles. The number of aromatic amines is 3. The van der Waals surface area contributed by atoms with Crippen LogP contribution in [0.4, 0.5) is 0 Å². The summed E-state index contributed by atoms with van der Waals surface area (Å²) in [7, 11) is 1.34. The molecule has 5 heterocycles. The van der Waals surface area contributed by atoms with Gasteiger partial charge in [0.2, 0.25) is 76.8 Å². The van der Waals surface area contributed by atoms with Crippen molar-refractivity contribution in [3.63, 3.8) is 0 Å². The molecule has 13 amide bonds. The smallest absolute Gasteiger partial charge is 0.305 e. The molecule has 2 bridgehead atoms. The molecular formula is C76H107N21O18. The number of hydrogen-bond acceptors (Lipinski definition) is 20. The maximum Gasteiger partial charge on any atom is 0.305 e. The van der Waals surface area contributed by atoms with Gasteiger partial charge in [0.05, 0.1) is 42.8 Å². The molecule has 7 rings (SSSR count). The van der Waals surface area contributed by atoms with Crippen LogP contribution in [-0.2, 0) is 104 Å². The first kappa shape index (κ1) is 90.0. The summed E-state index contributed by atoms with van der Waals surface area (Å²) in [6.45, 7) is 11.9. The van der Waals surface area contributed by atoms with E-state index >= 15 is 4.79 Å². The molecule has 0 radical (unpaired) electrons. The number of amides is 13. The monoisotopic (exact) mass is 1600 g/mol. The first-order chi connectivity index (χ1) is 54.6. The van der Waals surface area contributed by atoms with E-state index in [-0.39, 0.29) is 88.3 Å². The lowest BCUT2D eigenvalue weighted by Crippen LogP contribution is -2.61. The number of nitrogens with two attached hydrogens (primary N) is 1. The van der Waals surface area contributed by atoms with Crippen LogP contribution < -0.4 is 74.9 Å². The van der Waals surface area contributed by atoms with Crippen molar-refractivity contribution in [2.24, 2.45) is 23.5 Å². The van der Waals surface area contributed by atoms with Crippen molar-refractivity contribution in [3.8, 4) is 0 Å². The molecular weight excluding hydrogens is 1490 g/mol. The van der Waals surface area contributed by atoms with Crippen LogP contribution in [0.2, 0.25) is 0 Å². The highest BCUT2D eigenvalue weighted by atomic mass is 16.4. The van der Waals surface area contributed by atoms with Crippen LogP contribution in [0.3, 0.4) is 0 Å². The number of rotatable bonds is 23. The minimum atomic E-state index is -1.66. The molecule has 0 aliphatic carbocycles. The molecule has 1 aliphatic rings. The molecule has 2 aromatic carbocycles. The van der Waals surface area contributed by atoms with Gasteiger partial charge >= 0.3 is 11.9 Å². The average Bonchev–Trinajstić information content (AvgIpc) is 1.70. The number of H-pyrrole nitrogens is 3. The van der Waals surface area contributed by atoms with Crippen molar-refractivity contribution in [2.75, 3.05) is 13.6 Å². The Bertz CT molecular complexity index is 4400. The number of aliphatic hydroxyl groups is 1. The summed E-state index contributed by atoms with van der Waals surface area (Å²) in [6, 6.07) is -3.78. The van der Waals surface area contributed by atoms with E-state index in [0.717, 1.165) is 0 Å². The number of nitrogens with zero attached hydrogens (tertiary/aromatic N) is 4. The lowest BCUT2D eigenvalue weighted by Gasteiger charge is -2.29. The number of likely N-dealkylation sites (N-methyl/N-ethyl adjacent to an activating group) is 1. The Kier molecular flexibility index (Phi) is 33.8. The van der Waals surface area contributed by atoms with Crippen LogP contribution in [0.1, 0.15) is 136 Å². The molecule has 6 aromatic rings. The number of nitrogens with one attached hydrogen (secondary N) is 16. The van der Waals surface area contributed by atoms with E-state index in [1.165, 1.54) is 44.3 Å². The summed E-state index contributed by atoms with van der Waals surface area (Å²) in [5, 5.41) is 73.8. The molecule has 21 N–H and O–H groups in total. The van der Waals surface area contributed by atoms with Crippen LogP contribution in [0.15, 0.2) is 79.6 Å². The number of aromatic nitrogens is 7. The Labute approximate surface area is 662 Å². The normalized spacial score (nSPS) is 22.7. The molecule has 39 heteroatoms. The number of benzene rings is 2. The molecule has 0 spiro atoms. The summed E-state index contributed by atoms with van der Waals surface area (Å²) >= 11 is 0. The molecule has 39 nitrogen and oxygen atoms in total. The second kappa shape index (κ2) is 43.2. The van der Waals surface area contributed by atoms with Crippen molar-refractivity contribution in [1.82, 2.24) is 104 Å². The molecule has 624 valence electrons. The highest BCUT2D eigenvalue weighted by Gasteiger charge is 2.39. The zero-order chi connectivity index (χ0) is 84.3. The van der Waals surface area contributed by atoms with E-state index in [2.05, 4.69) is 99.4 Å². The van der Waals surface area contributed by atoms with E-state index in [1.807, 2.05) is 0 Å². The quantitative estimate of drug-likeness (QED) is 0.0324. The third-order valence-electron chi connectivity index (χ3n) is 19.3. The molecule has 1 aliphatic heterocycles. The lowest BCUT2D eigenvalue weighted by atomic mass is 9.98. The Morgan fingerprint density at radius 1 is 0.609 bits per heavy atom. The van der Waals surface area contributed by atoms with E-state index < -0.39 is 199 Å². The number of carboxylic acid groups (broad SMARTS) is 2. The van der Waals surface area contributed by atoms with Gasteiger partial charge in [0.1, 0.15) is 66.5 Å². The van der Waals surface area contributed by atoms with Gasteiger partial charge in [-0.2, -0.15) is 0 Å². The Morgan fingerprint density at radius 2 is 1.16 bits per heavy atom. The van der Waals surface area contributed by atoms with Crippen LogP contribution in [-0.4, -0.2) is 231 Å². The third kappa shape index (κ3) is 27.6. The summed E-state index contributed by atoms with van der Waals surface area (Å²) < 4.78 is 1.44. The molecule has 13 atom stereocenters. The zero-order valence-corrected chi connectivity index (χ0v) is 65.7. The van der Waals surface area contributed by atoms with Gasteiger partial charge in [0, 0.05) is 78.8 Å². The number of hydrogen-bond donors (Lipinski definition) is 20. The lowest BCUT2D eigenvalue weighted by molar-refractivity contribution is -0.140. The number of carboxylic acids is 2. The molecule has 0 fully saturated rings. The standard InChI is InChI=1S/C76H107N21O18/c1-38(2)26-55-67(106)82-35-60(99)85-52(23-24-61(100)101)69(108)90-56(27-39(3)4)75(114)93-63(40(5)6)76(115)92-58(29-44-33-81-50-19-13-11-17-48(44)50)72(111)86-51(70(109)94-64(42(8)98)65(77)104)20-14-15-25-97-36-45(95-96-97)21-22-53(87-71(110)54(78-9)31-62(102)103)68(107)84-41(7)66(105)88-57(28-43-32-80-49-18-12-10-16-47(43)49)73(112)91-59(74(113)89-55)30-46-34-79-37-83-46/h10-13,16-19,32-34,36-42,51-59,63-64,78,80-81,98H,14-15,20-31,35H2,1-9H3,(H2,77,104)(H,79,83)(H,82,106)(H,84,107)(H,85,99)(H,86,111)(H,87,110)(H,88,105)(H,89,113)(H,90,108)(H,91,112)(H,92,115)(H,93,114)(H,94,109)(H,100,101)(H,102,103)/t41-,42+,51-,52-,53-,54-,55-,56-,57-,58-,59-,63-,64-/m0/s1. The van der Waals surface area contributed by atoms with E-state index in [4.69, 9.17) is 5.73 Å². The second-order valence-electron chi connectivity index (χ2n) is 29.9. The zero-order valence-electron chi connectivity index (χ0n) is 65.7. The van der Waals surface area contributed by atoms with Gasteiger partial charge in [-0.15, -0.1) is 5.10 Å². The van der Waals surface area contributed by atoms with Gasteiger partial charge in [0.15, 0.2) is 0 Å². The van der Waals surface area contributed by atoms with Gasteiger partial charge in [0.25, 0.3) is 0 Å². The second-order valence-corrected chi connectivity index (χ2v) is 29.9. The first-order valence-electron chi connectivity index (χ1n) is 38.2. The topological polar surface area (TPSA) is 590 Å². The number of aryl methyl sites for hydroxylation is 2. The van der Waals surface area contributed by atoms with Crippen LogP contribution in [0.5, 0.6) is 0 Å². The number of carbonyl (C=O) groups is 15. The summed E-state index contributed by atoms with van der Waals surface area (Å²) in [5.74, 6) is -16.4. The maximum atomic E-state index is 15.0. The SMILES string of the molecule is CN[C@@H](CC(=O)O)C(=O)N[C@H]1CCc2cn(nn2)CCCC[C@@H](C(=O)N[C@H](C(N)=O)[C@@H](C)O)NC(=O)[C@H](Cc2c[nH]c3ccccc23)NC(=O)[C@H](C(C)C)NC(=O)[C@H](CC(C)C)NC(=O)[C@H](CCC(=O)O)NC(=O)CNC(=O)[C@H](CC(C)C)NC(=O)[C@H](Cc2c[nH]cn2)NC(=O)[C@H](Cc2c[nH]c3ccccc23)NC(=O)[C@H](C)NC1=O. The predicted octanol–water partition coefficient (Wildman–Crippen LogP) is -2.18. The number of primary amides is 1. The van der Waals surface area contributed by atoms with Crippen molar-refractivity contribution < 1.29 is 87.2 Å². The third-order valence-corrected chi connectivity index (χ3v) is 19.3. The van der Waals surface area contributed by atoms with Crippen molar-refractivity contribution in [2.45, 2.75) is 224 Å². The van der Waals surface area contributed by atoms with E-state index in [0.29, 0.717) is 38.6 Å². The van der Waals surface area contributed by atoms with Crippen molar-refractivity contribution >= 4 is 111 Å². The number of para-hydroxylation sites is 2. The van der Waals surface area contributed by atoms with Gasteiger partial charge in [-0.1, -0.05) is 83.2 Å². The Balaban J connectivity index is 1.26. The minimum absolute atomic E-state index is 0.0489. The van der Waals surface area contributed by atoms with Gasteiger partial charge in [-0.25, -0.2) is 4.98 Å². The van der Waals surface area contributed by atoms with Crippen LogP contribution in [0.25, 0.3) is 21.8 Å². The highest BCUT2D eigenvalue weighted by Crippen LogP contribution is 2.23. The number of carbonyl (C=O) groups excluding carboxylic acids is 13. The number of imidazole rings is 1. The summed E-state index contributed by atoms with van der Waals surface area (Å²) in [4.78, 5) is 224. The fraction of sp³-hybridized carbons (Fsp3) is 0.526. The number of aliphatic hydroxyl groups excluding tert-OH is 1. The van der Waals surface area contributed by atoms with Crippen molar-refractivity contribution in [1.29, 1.82) is 0 Å². The van der Waals surface area contributed by atoms with Gasteiger partial charge in [-0.3, -0.25) is 76.6 Å². The maximum absolute atomic E-state index is 15.0. The number of aliphatic carboxylic acids is 2. The first-order valence-corrected chi connectivity index (χ1v) is 38.2. The average molecular weight is 1600 g/mol. The minimum Gasteiger partial charge on any atom is -0.481 e. The fourth-order valence-electron chi connectivity index (χ4n) is 13.0. The number of fused-ring (bicyclic) bond motifs is 4. The fourth-order valence-corrected chi connectivity index (χ4v) is 13.0.